The molecule has 51 heavy (non-hydrogen) atoms. The van der Waals surface area contributed by atoms with Gasteiger partial charge >= 0.3 is 13.5 Å². The zero-order chi connectivity index (χ0) is 37.4. The number of fused-ring (bicyclic) bond motifs is 1. The zero-order valence-electron chi connectivity index (χ0n) is 29.6. The minimum absolute atomic E-state index is 0.0580. The second-order valence-corrected chi connectivity index (χ2v) is 20.7. The number of nitrogens with one attached hydrogen (secondary N) is 1. The van der Waals surface area contributed by atoms with Crippen LogP contribution in [0.15, 0.2) is 28.4 Å². The number of H-pyrrole nitrogens is 1. The number of phosphoric ester groups is 1. The number of nitrogen functional groups attached to an aromatic ring is 1. The van der Waals surface area contributed by atoms with Gasteiger partial charge in [0.2, 0.25) is 8.32 Å². The predicted molar refractivity (Wildman–Crippen MR) is 184 cm³/mol. The van der Waals surface area contributed by atoms with E-state index in [9.17, 15) is 29.3 Å². The molecule has 0 amide bonds. The van der Waals surface area contributed by atoms with E-state index in [2.05, 4.69) is 61.5 Å². The lowest BCUT2D eigenvalue weighted by atomic mass is 10.1. The van der Waals surface area contributed by atoms with Gasteiger partial charge in [0, 0.05) is 18.2 Å². The third-order valence-corrected chi connectivity index (χ3v) is 16.7. The maximum absolute atomic E-state index is 13.5. The van der Waals surface area contributed by atoms with Gasteiger partial charge < -0.3 is 39.5 Å². The van der Waals surface area contributed by atoms with Crippen molar-refractivity contribution >= 4 is 33.1 Å². The monoisotopic (exact) mass is 757 g/mol. The Bertz CT molecular complexity index is 1810. The Morgan fingerprint density at radius 1 is 1.06 bits per heavy atom. The molecule has 3 aromatic heterocycles. The highest BCUT2D eigenvalue weighted by molar-refractivity contribution is 7.47. The number of phosphoric acid groups is 1. The molecular weight excluding hydrogens is 709 g/mol. The van der Waals surface area contributed by atoms with Gasteiger partial charge in [0.15, 0.2) is 17.7 Å². The molecule has 0 aliphatic carbocycles. The summed E-state index contributed by atoms with van der Waals surface area (Å²) in [6, 6.07) is 0. The molecule has 0 saturated carbocycles. The van der Waals surface area contributed by atoms with Gasteiger partial charge in [0.1, 0.15) is 49.3 Å². The number of aliphatic hydroxyl groups is 2. The molecule has 5 heterocycles. The van der Waals surface area contributed by atoms with Gasteiger partial charge in [-0.05, 0) is 23.5 Å². The Balaban J connectivity index is 1.37. The van der Waals surface area contributed by atoms with Crippen molar-refractivity contribution in [2.24, 2.45) is 0 Å². The minimum atomic E-state index is -4.98. The number of nitrogens with zero attached hydrogens (tertiary/aromatic N) is 5. The highest BCUT2D eigenvalue weighted by Crippen LogP contribution is 2.50. The van der Waals surface area contributed by atoms with Crippen molar-refractivity contribution in [3.05, 3.63) is 45.3 Å². The molecule has 1 unspecified atom stereocenters. The largest absolute Gasteiger partial charge is 0.472 e. The fourth-order valence-electron chi connectivity index (χ4n) is 7.34. The summed E-state index contributed by atoms with van der Waals surface area (Å²) in [5, 5.41) is 21.0. The molecule has 6 N–H and O–H groups in total. The number of nitrogens with two attached hydrogens (primary N) is 1. The van der Waals surface area contributed by atoms with Gasteiger partial charge in [0.05, 0.1) is 25.6 Å². The molecule has 21 heteroatoms. The van der Waals surface area contributed by atoms with Gasteiger partial charge in [-0.15, -0.1) is 0 Å². The Morgan fingerprint density at radius 3 is 2.39 bits per heavy atom. The number of hydrogen-bond acceptors (Lipinski definition) is 15. The van der Waals surface area contributed by atoms with Crippen molar-refractivity contribution in [2.45, 2.75) is 114 Å². The van der Waals surface area contributed by atoms with Crippen LogP contribution in [0, 0.1) is 6.92 Å². The molecule has 8 atom stereocenters. The summed E-state index contributed by atoms with van der Waals surface area (Å²) >= 11 is 0. The summed E-state index contributed by atoms with van der Waals surface area (Å²) in [6.45, 7) is 12.8. The average molecular weight is 758 g/mol. The van der Waals surface area contributed by atoms with Gasteiger partial charge in [0.25, 0.3) is 5.56 Å². The highest BCUT2D eigenvalue weighted by Gasteiger charge is 2.52. The second kappa shape index (κ2) is 15.6. The van der Waals surface area contributed by atoms with E-state index in [4.69, 9.17) is 33.4 Å². The van der Waals surface area contributed by atoms with E-state index in [1.54, 1.807) is 0 Å². The van der Waals surface area contributed by atoms with Crippen LogP contribution >= 0.6 is 7.82 Å². The van der Waals surface area contributed by atoms with E-state index in [-0.39, 0.29) is 52.4 Å². The lowest BCUT2D eigenvalue weighted by molar-refractivity contribution is -0.113. The molecule has 3 aromatic rings. The van der Waals surface area contributed by atoms with E-state index >= 15 is 0 Å². The number of rotatable bonds is 15. The van der Waals surface area contributed by atoms with Gasteiger partial charge in [-0.3, -0.25) is 28.0 Å². The summed E-state index contributed by atoms with van der Waals surface area (Å²) in [5.41, 5.74) is 6.25. The van der Waals surface area contributed by atoms with Crippen molar-refractivity contribution in [1.29, 1.82) is 0 Å². The third-order valence-electron chi connectivity index (χ3n) is 9.72. The minimum Gasteiger partial charge on any atom is -0.394 e. The summed E-state index contributed by atoms with van der Waals surface area (Å²) in [7, 11) is -7.40. The Kier molecular flexibility index (Phi) is 12.0. The van der Waals surface area contributed by atoms with E-state index in [0.29, 0.717) is 0 Å². The normalized spacial score (nSPS) is 27.0. The standard InChI is InChI=1S/C30H48N7O12PSi/c1-15(2)51(16(3)4,17(5)6)46-14-44-25-24(20(10-38)48-29(25)37-13-34-23-26(31)32-12-33-27(23)37)49-50(42,43)45-11-21-19(39)8-22(47-21)36-9-18(7)28(40)35-30(36)41/h9,12-13,15-17,19-22,24-25,29,38-39H,8,10-11,14H2,1-7H3,(H,42,43)(H2,31,32,33)(H,35,40,41)/t19-,20+,21+,22+,24+,25+,29+/m0/s1. The predicted octanol–water partition coefficient (Wildman–Crippen LogP) is 1.84. The van der Waals surface area contributed by atoms with E-state index in [1.165, 1.54) is 30.3 Å². The number of anilines is 1. The molecule has 0 bridgehead atoms. The van der Waals surface area contributed by atoms with Crippen LogP contribution in [0.1, 0.15) is 66.0 Å². The highest BCUT2D eigenvalue weighted by atomic mass is 31.2. The summed E-state index contributed by atoms with van der Waals surface area (Å²) in [5.74, 6) is 0.123. The summed E-state index contributed by atoms with van der Waals surface area (Å²) in [4.78, 5) is 49.8. The number of aromatic nitrogens is 6. The first kappa shape index (κ1) is 39.3. The number of aliphatic hydroxyl groups excluding tert-OH is 2. The van der Waals surface area contributed by atoms with E-state index in [1.807, 2.05) is 0 Å². The van der Waals surface area contributed by atoms with E-state index in [0.717, 1.165) is 4.57 Å². The summed E-state index contributed by atoms with van der Waals surface area (Å²) in [6.07, 6.45) is -4.20. The molecule has 2 fully saturated rings. The topological polar surface area (TPSA) is 258 Å². The lowest BCUT2D eigenvalue weighted by Crippen LogP contribution is -2.49. The second-order valence-electron chi connectivity index (χ2n) is 13.8. The molecule has 2 saturated heterocycles. The smallest absolute Gasteiger partial charge is 0.394 e. The van der Waals surface area contributed by atoms with Gasteiger partial charge in [-0.2, -0.15) is 0 Å². The fraction of sp³-hybridized carbons (Fsp3) is 0.700. The molecule has 0 aromatic carbocycles. The van der Waals surface area contributed by atoms with Gasteiger partial charge in [-0.25, -0.2) is 24.3 Å². The molecular formula is C30H48N7O12PSi. The lowest BCUT2D eigenvalue weighted by Gasteiger charge is -2.42. The number of aryl methyl sites for hydroxylation is 1. The van der Waals surface area contributed by atoms with Crippen LogP contribution in [0.3, 0.4) is 0 Å². The summed E-state index contributed by atoms with van der Waals surface area (Å²) < 4.78 is 51.9. The number of hydrogen-bond donors (Lipinski definition) is 5. The van der Waals surface area contributed by atoms with Crippen molar-refractivity contribution in [1.82, 2.24) is 29.1 Å². The van der Waals surface area contributed by atoms with Crippen molar-refractivity contribution in [3.63, 3.8) is 0 Å². The van der Waals surface area contributed by atoms with Crippen molar-refractivity contribution in [2.75, 3.05) is 25.7 Å². The maximum Gasteiger partial charge on any atom is 0.472 e. The molecule has 5 rings (SSSR count). The number of aromatic amines is 1. The van der Waals surface area contributed by atoms with E-state index < -0.39 is 83.6 Å². The van der Waals surface area contributed by atoms with Crippen molar-refractivity contribution < 1.29 is 47.4 Å². The molecule has 284 valence electrons. The SMILES string of the molecule is Cc1cn([C@H]2C[C@H](O)[C@@H](COP(=O)(O)O[C@H]3[C@@H](OCO[Si](C(C)C)(C(C)C)C(C)C)[C@H](n4cnc5c(N)ncnc54)O[C@@H]3CO)O2)c(=O)[nH]c1=O. The first-order chi connectivity index (χ1) is 24.0. The molecule has 0 radical (unpaired) electrons. The Labute approximate surface area is 294 Å². The molecule has 19 nitrogen and oxygen atoms in total. The average Bonchev–Trinajstić information content (AvgIpc) is 3.74. The Hall–Kier alpha value is -2.88. The third kappa shape index (κ3) is 7.91. The molecule has 2 aliphatic heterocycles. The first-order valence-electron chi connectivity index (χ1n) is 16.8. The molecule has 2 aliphatic rings. The van der Waals surface area contributed by atoms with Crippen LogP contribution in [0.2, 0.25) is 16.6 Å². The Morgan fingerprint density at radius 2 is 1.75 bits per heavy atom. The van der Waals surface area contributed by atoms with Crippen LogP contribution < -0.4 is 17.0 Å². The quantitative estimate of drug-likeness (QED) is 0.0842. The van der Waals surface area contributed by atoms with Crippen LogP contribution in [0.25, 0.3) is 11.2 Å². The van der Waals surface area contributed by atoms with Crippen LogP contribution in [0.4, 0.5) is 5.82 Å². The fourth-order valence-corrected chi connectivity index (χ4v) is 13.6. The van der Waals surface area contributed by atoms with Crippen LogP contribution in [-0.4, -0.2) is 103 Å². The van der Waals surface area contributed by atoms with Gasteiger partial charge in [-0.1, -0.05) is 41.5 Å². The maximum atomic E-state index is 13.5. The van der Waals surface area contributed by atoms with Crippen molar-refractivity contribution in [3.8, 4) is 0 Å². The zero-order valence-corrected chi connectivity index (χ0v) is 31.5. The first-order valence-corrected chi connectivity index (χ1v) is 20.4. The van der Waals surface area contributed by atoms with Crippen LogP contribution in [0.5, 0.6) is 0 Å². The number of imidazole rings is 1. The molecule has 0 spiro atoms. The van der Waals surface area contributed by atoms with Crippen LogP contribution in [-0.2, 0) is 32.2 Å². The number of ether oxygens (including phenoxy) is 3.